The molecule has 0 atom stereocenters. The molecule has 1 amide bonds. The number of hydrogen-bond donors (Lipinski definition) is 2. The Morgan fingerprint density at radius 1 is 1.22 bits per heavy atom. The van der Waals surface area contributed by atoms with Gasteiger partial charge in [-0.05, 0) is 18.4 Å². The fourth-order valence-electron chi connectivity index (χ4n) is 3.30. The molecule has 2 N–H and O–H groups in total. The third-order valence-electron chi connectivity index (χ3n) is 4.86. The van der Waals surface area contributed by atoms with Crippen LogP contribution in [0.5, 0.6) is 0 Å². The van der Waals surface area contributed by atoms with E-state index in [0.717, 1.165) is 0 Å². The van der Waals surface area contributed by atoms with Gasteiger partial charge in [0.15, 0.2) is 5.69 Å². The predicted molar refractivity (Wildman–Crippen MR) is 110 cm³/mol. The third kappa shape index (κ3) is 3.66. The molecular formula is C21H18F3N5O3. The van der Waals surface area contributed by atoms with Crippen molar-refractivity contribution in [1.29, 1.82) is 0 Å². The first kappa shape index (κ1) is 21.3. The van der Waals surface area contributed by atoms with E-state index >= 15 is 0 Å². The minimum atomic E-state index is -4.82. The molecule has 0 unspecified atom stereocenters. The van der Waals surface area contributed by atoms with Gasteiger partial charge >= 0.3 is 12.2 Å². The molecule has 4 rings (SSSR count). The number of H-pyrrole nitrogens is 1. The SMILES string of the molecule is Cc1[nH]c2c(-c3ccccc3)c(C(F)(F)F)nn2c(=O)c1C(=O)Nc1nc(C(C)C)co1. The number of nitrogens with zero attached hydrogens (tertiary/aromatic N) is 3. The smallest absolute Gasteiger partial charge is 0.432 e. The number of fused-ring (bicyclic) bond motifs is 1. The standard InChI is InChI=1S/C21H18F3N5O3/c1-10(2)13-9-32-20(26-13)27-18(30)14-11(3)25-17-15(12-7-5-4-6-8-12)16(21(22,23)24)28-29(17)19(14)31/h4-10,25H,1-3H3,(H,26,27,30). The number of carbonyl (C=O) groups excluding carboxylic acids is 1. The van der Waals surface area contributed by atoms with E-state index in [4.69, 9.17) is 4.42 Å². The van der Waals surface area contributed by atoms with Crippen LogP contribution >= 0.6 is 0 Å². The van der Waals surface area contributed by atoms with E-state index in [1.807, 2.05) is 13.8 Å². The quantitative estimate of drug-likeness (QED) is 0.485. The van der Waals surface area contributed by atoms with Crippen molar-refractivity contribution in [3.63, 3.8) is 0 Å². The topological polar surface area (TPSA) is 105 Å². The number of aryl methyl sites for hydroxylation is 1. The van der Waals surface area contributed by atoms with Gasteiger partial charge in [0, 0.05) is 5.69 Å². The van der Waals surface area contributed by atoms with Crippen LogP contribution in [0.2, 0.25) is 0 Å². The van der Waals surface area contributed by atoms with Gasteiger partial charge in [-0.25, -0.2) is 0 Å². The Bertz CT molecular complexity index is 1370. The average Bonchev–Trinajstić information content (AvgIpc) is 3.33. The number of rotatable bonds is 4. The summed E-state index contributed by atoms with van der Waals surface area (Å²) in [5.74, 6) is -0.833. The summed E-state index contributed by atoms with van der Waals surface area (Å²) in [7, 11) is 0. The molecule has 0 radical (unpaired) electrons. The van der Waals surface area contributed by atoms with Crippen LogP contribution in [0.4, 0.5) is 19.2 Å². The molecule has 1 aromatic carbocycles. The molecule has 11 heteroatoms. The number of hydrogen-bond acceptors (Lipinski definition) is 5. The Balaban J connectivity index is 1.86. The highest BCUT2D eigenvalue weighted by Gasteiger charge is 2.39. The van der Waals surface area contributed by atoms with Gasteiger partial charge in [-0.2, -0.15) is 27.8 Å². The van der Waals surface area contributed by atoms with E-state index in [0.29, 0.717) is 10.2 Å². The molecule has 8 nitrogen and oxygen atoms in total. The lowest BCUT2D eigenvalue weighted by Gasteiger charge is -2.08. The first-order chi connectivity index (χ1) is 15.1. The molecule has 0 fully saturated rings. The van der Waals surface area contributed by atoms with Crippen molar-refractivity contribution in [2.24, 2.45) is 0 Å². The molecule has 3 aromatic heterocycles. The van der Waals surface area contributed by atoms with E-state index in [-0.39, 0.29) is 34.4 Å². The van der Waals surface area contributed by atoms with Crippen LogP contribution < -0.4 is 10.9 Å². The minimum absolute atomic E-state index is 0.0483. The summed E-state index contributed by atoms with van der Waals surface area (Å²) >= 11 is 0. The maximum Gasteiger partial charge on any atom is 0.435 e. The number of amides is 1. The van der Waals surface area contributed by atoms with Crippen molar-refractivity contribution >= 4 is 17.6 Å². The van der Waals surface area contributed by atoms with Crippen LogP contribution in [0.25, 0.3) is 16.8 Å². The molecule has 0 saturated carbocycles. The van der Waals surface area contributed by atoms with Gasteiger partial charge in [0.25, 0.3) is 11.5 Å². The number of alkyl halides is 3. The van der Waals surface area contributed by atoms with Crippen LogP contribution in [-0.2, 0) is 6.18 Å². The second-order valence-electron chi connectivity index (χ2n) is 7.46. The van der Waals surface area contributed by atoms with Crippen LogP contribution in [0.3, 0.4) is 0 Å². The molecule has 0 spiro atoms. The van der Waals surface area contributed by atoms with Gasteiger partial charge < -0.3 is 9.40 Å². The first-order valence-electron chi connectivity index (χ1n) is 9.63. The molecule has 3 heterocycles. The van der Waals surface area contributed by atoms with E-state index in [9.17, 15) is 22.8 Å². The summed E-state index contributed by atoms with van der Waals surface area (Å²) in [6, 6.07) is 7.65. The van der Waals surface area contributed by atoms with E-state index < -0.39 is 28.9 Å². The highest BCUT2D eigenvalue weighted by molar-refractivity contribution is 6.04. The summed E-state index contributed by atoms with van der Waals surface area (Å²) in [5, 5.41) is 5.87. The molecule has 0 aliphatic carbocycles. The second kappa shape index (κ2) is 7.66. The number of oxazole rings is 1. The number of aromatic amines is 1. The van der Waals surface area contributed by atoms with Gasteiger partial charge in [-0.1, -0.05) is 44.2 Å². The zero-order chi connectivity index (χ0) is 23.2. The van der Waals surface area contributed by atoms with E-state index in [2.05, 4.69) is 20.4 Å². The van der Waals surface area contributed by atoms with E-state index in [1.54, 1.807) is 18.2 Å². The summed E-state index contributed by atoms with van der Waals surface area (Å²) in [6.45, 7) is 5.18. The summed E-state index contributed by atoms with van der Waals surface area (Å²) in [5.41, 5.74) is -2.20. The number of aromatic nitrogens is 4. The monoisotopic (exact) mass is 445 g/mol. The van der Waals surface area contributed by atoms with Gasteiger partial charge in [-0.3, -0.25) is 14.9 Å². The van der Waals surface area contributed by atoms with Crippen molar-refractivity contribution in [2.75, 3.05) is 5.32 Å². The molecular weight excluding hydrogens is 427 g/mol. The summed E-state index contributed by atoms with van der Waals surface area (Å²) < 4.78 is 46.9. The summed E-state index contributed by atoms with van der Waals surface area (Å²) in [6.07, 6.45) is -3.45. The Labute approximate surface area is 179 Å². The average molecular weight is 445 g/mol. The van der Waals surface area contributed by atoms with Gasteiger partial charge in [0.1, 0.15) is 17.5 Å². The zero-order valence-corrected chi connectivity index (χ0v) is 17.2. The van der Waals surface area contributed by atoms with Crippen molar-refractivity contribution in [1.82, 2.24) is 19.6 Å². The molecule has 0 bridgehead atoms. The Kier molecular flexibility index (Phi) is 5.11. The van der Waals surface area contributed by atoms with Crippen molar-refractivity contribution in [2.45, 2.75) is 32.9 Å². The largest absolute Gasteiger partial charge is 0.435 e. The maximum atomic E-state index is 13.7. The lowest BCUT2D eigenvalue weighted by Crippen LogP contribution is -2.29. The number of anilines is 1. The molecule has 0 aliphatic heterocycles. The van der Waals surface area contributed by atoms with Crippen molar-refractivity contribution < 1.29 is 22.4 Å². The number of benzene rings is 1. The molecule has 0 saturated heterocycles. The van der Waals surface area contributed by atoms with Crippen LogP contribution in [0.1, 0.15) is 47.2 Å². The molecule has 32 heavy (non-hydrogen) atoms. The van der Waals surface area contributed by atoms with Crippen molar-refractivity contribution in [3.8, 4) is 11.1 Å². The van der Waals surface area contributed by atoms with Crippen LogP contribution in [0, 0.1) is 6.92 Å². The summed E-state index contributed by atoms with van der Waals surface area (Å²) in [4.78, 5) is 32.6. The maximum absolute atomic E-state index is 13.7. The normalized spacial score (nSPS) is 12.0. The molecule has 0 aliphatic rings. The second-order valence-corrected chi connectivity index (χ2v) is 7.46. The van der Waals surface area contributed by atoms with Gasteiger partial charge in [0.05, 0.1) is 11.3 Å². The van der Waals surface area contributed by atoms with Crippen LogP contribution in [-0.4, -0.2) is 25.5 Å². The third-order valence-corrected chi connectivity index (χ3v) is 4.86. The van der Waals surface area contributed by atoms with Gasteiger partial charge in [-0.15, -0.1) is 0 Å². The molecule has 4 aromatic rings. The van der Waals surface area contributed by atoms with Gasteiger partial charge in [0.2, 0.25) is 0 Å². The van der Waals surface area contributed by atoms with E-state index in [1.165, 1.54) is 25.3 Å². The Morgan fingerprint density at radius 2 is 1.91 bits per heavy atom. The lowest BCUT2D eigenvalue weighted by atomic mass is 10.1. The van der Waals surface area contributed by atoms with Crippen molar-refractivity contribution in [3.05, 3.63) is 69.6 Å². The lowest BCUT2D eigenvalue weighted by molar-refractivity contribution is -0.140. The number of carbonyl (C=O) groups is 1. The molecule has 166 valence electrons. The highest BCUT2D eigenvalue weighted by Crippen LogP contribution is 2.38. The Morgan fingerprint density at radius 3 is 2.50 bits per heavy atom. The highest BCUT2D eigenvalue weighted by atomic mass is 19.4. The van der Waals surface area contributed by atoms with Crippen LogP contribution in [0.15, 0.2) is 45.8 Å². The number of halogens is 3. The number of nitrogens with one attached hydrogen (secondary N) is 2. The Hall–Kier alpha value is -3.89. The first-order valence-corrected chi connectivity index (χ1v) is 9.63. The fraction of sp³-hybridized carbons (Fsp3) is 0.238. The fourth-order valence-corrected chi connectivity index (χ4v) is 3.30. The predicted octanol–water partition coefficient (Wildman–Crippen LogP) is 4.38. The zero-order valence-electron chi connectivity index (χ0n) is 17.2. The minimum Gasteiger partial charge on any atom is -0.432 e.